The fourth-order valence-corrected chi connectivity index (χ4v) is 3.80. The second-order valence-corrected chi connectivity index (χ2v) is 7.45. The zero-order valence-corrected chi connectivity index (χ0v) is 18.3. The molecule has 33 heavy (non-hydrogen) atoms. The van der Waals surface area contributed by atoms with Crippen LogP contribution in [0.5, 0.6) is 11.8 Å². The van der Waals surface area contributed by atoms with Gasteiger partial charge in [-0.15, -0.1) is 15.3 Å². The number of nitrogens with zero attached hydrogens (tertiary/aromatic N) is 8. The van der Waals surface area contributed by atoms with E-state index in [-0.39, 0.29) is 17.3 Å². The Morgan fingerprint density at radius 1 is 1.12 bits per heavy atom. The average Bonchev–Trinajstić information content (AvgIpc) is 3.55. The molecular weight excluding hydrogens is 426 g/mol. The van der Waals surface area contributed by atoms with Crippen LogP contribution >= 0.6 is 0 Å². The van der Waals surface area contributed by atoms with Gasteiger partial charge in [-0.05, 0) is 25.5 Å². The first-order valence-corrected chi connectivity index (χ1v) is 10.3. The molecule has 1 atom stereocenters. The van der Waals surface area contributed by atoms with E-state index in [2.05, 4.69) is 47.1 Å². The molecule has 0 radical (unpaired) electrons. The average molecular weight is 447 g/mol. The third-order valence-electron chi connectivity index (χ3n) is 5.39. The molecule has 0 saturated heterocycles. The fourth-order valence-electron chi connectivity index (χ4n) is 3.80. The maximum atomic E-state index is 13.0. The van der Waals surface area contributed by atoms with E-state index in [4.69, 9.17) is 9.47 Å². The van der Waals surface area contributed by atoms with E-state index in [0.29, 0.717) is 29.2 Å². The second kappa shape index (κ2) is 8.30. The molecule has 0 spiro atoms. The number of methoxy groups -OCH3 is 2. The number of carbonyl (C=O) groups excluding carboxylic acids is 1. The van der Waals surface area contributed by atoms with Crippen LogP contribution in [0.1, 0.15) is 35.6 Å². The van der Waals surface area contributed by atoms with E-state index in [0.717, 1.165) is 18.7 Å². The lowest BCUT2D eigenvalue weighted by Crippen LogP contribution is -2.14. The van der Waals surface area contributed by atoms with Crippen molar-refractivity contribution >= 4 is 11.7 Å². The molecule has 1 amide bonds. The third-order valence-corrected chi connectivity index (χ3v) is 5.39. The molecule has 4 aromatic heterocycles. The van der Waals surface area contributed by atoms with Crippen molar-refractivity contribution in [3.05, 3.63) is 48.2 Å². The van der Waals surface area contributed by atoms with E-state index in [1.54, 1.807) is 6.07 Å². The van der Waals surface area contributed by atoms with Crippen molar-refractivity contribution in [2.75, 3.05) is 19.5 Å². The van der Waals surface area contributed by atoms with Crippen molar-refractivity contribution in [2.24, 2.45) is 0 Å². The molecule has 5 rings (SSSR count). The monoisotopic (exact) mass is 447 g/mol. The van der Waals surface area contributed by atoms with Gasteiger partial charge in [0.25, 0.3) is 11.8 Å². The summed E-state index contributed by atoms with van der Waals surface area (Å²) < 4.78 is 14.0. The number of nitrogens with one attached hydrogen (secondary N) is 1. The molecule has 1 aliphatic rings. The smallest absolute Gasteiger partial charge is 0.263 e. The van der Waals surface area contributed by atoms with Crippen molar-refractivity contribution < 1.29 is 14.3 Å². The number of hydrogen-bond donors (Lipinski definition) is 1. The molecule has 0 fully saturated rings. The molecule has 0 saturated carbocycles. The Morgan fingerprint density at radius 2 is 1.94 bits per heavy atom. The predicted molar refractivity (Wildman–Crippen MR) is 116 cm³/mol. The SMILES string of the molecule is COc1nn(-c2nccnc2OC)cc1C(=O)Nc1cccc(-c2nnc3n2[C@@H](C)CC3)n1. The number of rotatable bonds is 6. The number of amides is 1. The van der Waals surface area contributed by atoms with Gasteiger partial charge in [0.05, 0.1) is 14.2 Å². The first-order chi connectivity index (χ1) is 16.1. The number of aryl methyl sites for hydroxylation is 1. The molecule has 12 heteroatoms. The second-order valence-electron chi connectivity index (χ2n) is 7.45. The Morgan fingerprint density at radius 3 is 2.76 bits per heavy atom. The van der Waals surface area contributed by atoms with Gasteiger partial charge in [-0.3, -0.25) is 4.79 Å². The summed E-state index contributed by atoms with van der Waals surface area (Å²) >= 11 is 0. The minimum atomic E-state index is -0.439. The van der Waals surface area contributed by atoms with Crippen molar-refractivity contribution in [1.29, 1.82) is 0 Å². The van der Waals surface area contributed by atoms with Crippen LogP contribution in [0.25, 0.3) is 17.3 Å². The van der Waals surface area contributed by atoms with Crippen molar-refractivity contribution in [1.82, 2.24) is 39.5 Å². The van der Waals surface area contributed by atoms with E-state index < -0.39 is 5.91 Å². The summed E-state index contributed by atoms with van der Waals surface area (Å²) in [4.78, 5) is 25.9. The molecule has 1 aliphatic heterocycles. The maximum Gasteiger partial charge on any atom is 0.263 e. The van der Waals surface area contributed by atoms with Gasteiger partial charge in [0.1, 0.15) is 22.9 Å². The van der Waals surface area contributed by atoms with E-state index in [9.17, 15) is 4.79 Å². The standard InChI is InChI=1S/C21H21N9O3/c1-12-7-8-16-26-27-17(30(12)16)14-5-4-6-15(24-14)25-19(31)13-11-29(28-20(13)32-2)18-21(33-3)23-10-9-22-18/h4-6,9-12H,7-8H2,1-3H3,(H,24,25,31)/t12-/m0/s1. The van der Waals surface area contributed by atoms with Gasteiger partial charge in [-0.2, -0.15) is 0 Å². The molecule has 0 aromatic carbocycles. The number of fused-ring (bicyclic) bond motifs is 1. The molecule has 0 bridgehead atoms. The summed E-state index contributed by atoms with van der Waals surface area (Å²) in [5.74, 6) is 2.28. The van der Waals surface area contributed by atoms with Crippen LogP contribution in [0.3, 0.4) is 0 Å². The van der Waals surface area contributed by atoms with Gasteiger partial charge in [-0.25, -0.2) is 19.6 Å². The van der Waals surface area contributed by atoms with Crippen LogP contribution in [0.2, 0.25) is 0 Å². The Labute approximate surface area is 188 Å². The van der Waals surface area contributed by atoms with Crippen LogP contribution < -0.4 is 14.8 Å². The van der Waals surface area contributed by atoms with Crippen molar-refractivity contribution in [3.8, 4) is 29.1 Å². The Hall–Kier alpha value is -4.35. The van der Waals surface area contributed by atoms with Crippen LogP contribution in [-0.2, 0) is 6.42 Å². The Balaban J connectivity index is 1.43. The molecule has 168 valence electrons. The number of pyridine rings is 1. The highest BCUT2D eigenvalue weighted by molar-refractivity contribution is 6.05. The van der Waals surface area contributed by atoms with E-state index in [1.165, 1.54) is 37.5 Å². The highest BCUT2D eigenvalue weighted by atomic mass is 16.5. The van der Waals surface area contributed by atoms with E-state index >= 15 is 0 Å². The van der Waals surface area contributed by atoms with Crippen LogP contribution in [0.4, 0.5) is 5.82 Å². The zero-order valence-electron chi connectivity index (χ0n) is 18.3. The van der Waals surface area contributed by atoms with Crippen LogP contribution in [0, 0.1) is 0 Å². The number of carbonyl (C=O) groups is 1. The number of ether oxygens (including phenoxy) is 2. The molecule has 1 N–H and O–H groups in total. The lowest BCUT2D eigenvalue weighted by molar-refractivity contribution is 0.102. The number of anilines is 1. The molecular formula is C21H21N9O3. The molecule has 4 aromatic rings. The zero-order chi connectivity index (χ0) is 22.9. The Bertz CT molecular complexity index is 1330. The van der Waals surface area contributed by atoms with E-state index in [1.807, 2.05) is 12.1 Å². The summed E-state index contributed by atoms with van der Waals surface area (Å²) in [5, 5.41) is 15.6. The quantitative estimate of drug-likeness (QED) is 0.471. The first-order valence-electron chi connectivity index (χ1n) is 10.3. The molecule has 5 heterocycles. The molecule has 0 unspecified atom stereocenters. The normalized spacial score (nSPS) is 14.7. The summed E-state index contributed by atoms with van der Waals surface area (Å²) in [7, 11) is 2.91. The minimum absolute atomic E-state index is 0.125. The molecule has 12 nitrogen and oxygen atoms in total. The van der Waals surface area contributed by atoms with Gasteiger partial charge in [0, 0.05) is 31.1 Å². The maximum absolute atomic E-state index is 13.0. The van der Waals surface area contributed by atoms with Crippen molar-refractivity contribution in [2.45, 2.75) is 25.8 Å². The van der Waals surface area contributed by atoms with Gasteiger partial charge in [0.2, 0.25) is 11.7 Å². The van der Waals surface area contributed by atoms with Crippen LogP contribution in [-0.4, -0.2) is 59.6 Å². The predicted octanol–water partition coefficient (Wildman–Crippen LogP) is 2.09. The summed E-state index contributed by atoms with van der Waals surface area (Å²) in [6, 6.07) is 5.66. The number of aromatic nitrogens is 8. The summed E-state index contributed by atoms with van der Waals surface area (Å²) in [5.41, 5.74) is 0.835. The van der Waals surface area contributed by atoms with Crippen LogP contribution in [0.15, 0.2) is 36.8 Å². The van der Waals surface area contributed by atoms with Gasteiger partial charge in [-0.1, -0.05) is 6.07 Å². The Kier molecular flexibility index (Phi) is 5.17. The largest absolute Gasteiger partial charge is 0.479 e. The minimum Gasteiger partial charge on any atom is -0.479 e. The van der Waals surface area contributed by atoms with Gasteiger partial charge in [0.15, 0.2) is 5.82 Å². The summed E-state index contributed by atoms with van der Waals surface area (Å²) in [6.45, 7) is 2.13. The fraction of sp³-hybridized carbons (Fsp3) is 0.286. The van der Waals surface area contributed by atoms with Gasteiger partial charge < -0.3 is 19.4 Å². The molecule has 0 aliphatic carbocycles. The highest BCUT2D eigenvalue weighted by Crippen LogP contribution is 2.30. The third kappa shape index (κ3) is 3.64. The van der Waals surface area contributed by atoms with Gasteiger partial charge >= 0.3 is 0 Å². The first kappa shape index (κ1) is 20.5. The lowest BCUT2D eigenvalue weighted by Gasteiger charge is -2.10. The topological polar surface area (TPSA) is 135 Å². The number of hydrogen-bond acceptors (Lipinski definition) is 9. The summed E-state index contributed by atoms with van der Waals surface area (Å²) in [6.07, 6.45) is 6.42. The van der Waals surface area contributed by atoms with Crippen molar-refractivity contribution in [3.63, 3.8) is 0 Å². The lowest BCUT2D eigenvalue weighted by atomic mass is 10.2. The highest BCUT2D eigenvalue weighted by Gasteiger charge is 2.25.